The molecule has 0 saturated carbocycles. The number of benzene rings is 1. The normalized spacial score (nSPS) is 10.5. The van der Waals surface area contributed by atoms with Crippen LogP contribution >= 0.6 is 12.2 Å². The number of hydrazone groups is 1. The van der Waals surface area contributed by atoms with Gasteiger partial charge in [-0.2, -0.15) is 5.10 Å². The van der Waals surface area contributed by atoms with Crippen LogP contribution in [0, 0.1) is 17.0 Å². The summed E-state index contributed by atoms with van der Waals surface area (Å²) in [6, 6.07) is 8.16. The van der Waals surface area contributed by atoms with Crippen LogP contribution in [0.15, 0.2) is 52.5 Å². The standard InChI is InChI=1S/C16H16N4O3S/c1-3-8-17-16(24)19-18-10-13-5-7-15(23-13)14-6-4-12(20(21)22)9-11(14)2/h3-7,9-10H,1,8H2,2H3,(H2,17,19,24). The van der Waals surface area contributed by atoms with E-state index in [0.29, 0.717) is 23.2 Å². The van der Waals surface area contributed by atoms with Crippen molar-refractivity contribution in [1.82, 2.24) is 10.7 Å². The van der Waals surface area contributed by atoms with E-state index in [1.807, 2.05) is 0 Å². The molecule has 0 amide bonds. The van der Waals surface area contributed by atoms with Crippen LogP contribution in [0.3, 0.4) is 0 Å². The molecular formula is C16H16N4O3S. The number of hydrogen-bond donors (Lipinski definition) is 2. The summed E-state index contributed by atoms with van der Waals surface area (Å²) >= 11 is 5.00. The Hall–Kier alpha value is -3.00. The smallest absolute Gasteiger partial charge is 0.269 e. The van der Waals surface area contributed by atoms with E-state index in [1.54, 1.807) is 31.2 Å². The minimum absolute atomic E-state index is 0.0503. The van der Waals surface area contributed by atoms with Gasteiger partial charge in [-0.25, -0.2) is 0 Å². The second kappa shape index (κ2) is 8.02. The number of furan rings is 1. The zero-order chi connectivity index (χ0) is 17.5. The molecule has 2 N–H and O–H groups in total. The monoisotopic (exact) mass is 344 g/mol. The van der Waals surface area contributed by atoms with Crippen molar-refractivity contribution in [3.63, 3.8) is 0 Å². The molecule has 0 spiro atoms. The number of rotatable bonds is 6. The first kappa shape index (κ1) is 17.4. The Labute approximate surface area is 144 Å². The van der Waals surface area contributed by atoms with E-state index in [0.717, 1.165) is 11.1 Å². The van der Waals surface area contributed by atoms with Gasteiger partial charge >= 0.3 is 0 Å². The maximum Gasteiger partial charge on any atom is 0.269 e. The topological polar surface area (TPSA) is 92.7 Å². The lowest BCUT2D eigenvalue weighted by Gasteiger charge is -2.03. The highest BCUT2D eigenvalue weighted by Gasteiger charge is 2.11. The summed E-state index contributed by atoms with van der Waals surface area (Å²) in [7, 11) is 0. The first-order valence-electron chi connectivity index (χ1n) is 7.04. The average Bonchev–Trinajstić information content (AvgIpc) is 3.01. The third-order valence-electron chi connectivity index (χ3n) is 3.08. The van der Waals surface area contributed by atoms with Gasteiger partial charge < -0.3 is 9.73 Å². The van der Waals surface area contributed by atoms with Crippen molar-refractivity contribution < 1.29 is 9.34 Å². The first-order valence-corrected chi connectivity index (χ1v) is 7.45. The number of thiocarbonyl (C=S) groups is 1. The van der Waals surface area contributed by atoms with Gasteiger partial charge in [0.1, 0.15) is 11.5 Å². The zero-order valence-electron chi connectivity index (χ0n) is 13.0. The lowest BCUT2D eigenvalue weighted by atomic mass is 10.1. The SMILES string of the molecule is C=CCNC(=S)NN=Cc1ccc(-c2ccc([N+](=O)[O-])cc2C)o1. The molecular weight excluding hydrogens is 328 g/mol. The second-order valence-electron chi connectivity index (χ2n) is 4.83. The van der Waals surface area contributed by atoms with Crippen molar-refractivity contribution >= 4 is 29.2 Å². The Morgan fingerprint density at radius 3 is 2.92 bits per heavy atom. The molecule has 0 saturated heterocycles. The maximum absolute atomic E-state index is 10.8. The van der Waals surface area contributed by atoms with Crippen LogP contribution in [-0.2, 0) is 0 Å². The maximum atomic E-state index is 10.8. The van der Waals surface area contributed by atoms with Gasteiger partial charge in [0.15, 0.2) is 5.11 Å². The van der Waals surface area contributed by atoms with E-state index >= 15 is 0 Å². The minimum Gasteiger partial charge on any atom is -0.455 e. The average molecular weight is 344 g/mol. The molecule has 0 unspecified atom stereocenters. The van der Waals surface area contributed by atoms with Gasteiger partial charge in [0, 0.05) is 24.2 Å². The van der Waals surface area contributed by atoms with Gasteiger partial charge in [-0.05, 0) is 42.9 Å². The van der Waals surface area contributed by atoms with Crippen molar-refractivity contribution in [3.05, 3.63) is 64.4 Å². The van der Waals surface area contributed by atoms with Crippen molar-refractivity contribution in [2.75, 3.05) is 6.54 Å². The summed E-state index contributed by atoms with van der Waals surface area (Å²) in [6.45, 7) is 5.92. The van der Waals surface area contributed by atoms with Crippen molar-refractivity contribution in [2.45, 2.75) is 6.92 Å². The molecule has 2 rings (SSSR count). The summed E-state index contributed by atoms with van der Waals surface area (Å²) < 4.78 is 5.67. The molecule has 0 aliphatic carbocycles. The second-order valence-corrected chi connectivity index (χ2v) is 5.24. The van der Waals surface area contributed by atoms with Gasteiger partial charge in [0.2, 0.25) is 0 Å². The van der Waals surface area contributed by atoms with Crippen LogP contribution in [0.5, 0.6) is 0 Å². The number of nitro groups is 1. The molecule has 0 atom stereocenters. The molecule has 1 aromatic carbocycles. The molecule has 0 aliphatic heterocycles. The van der Waals surface area contributed by atoms with Crippen molar-refractivity contribution in [1.29, 1.82) is 0 Å². The molecule has 0 bridgehead atoms. The fraction of sp³-hybridized carbons (Fsp3) is 0.125. The molecule has 7 nitrogen and oxygen atoms in total. The Balaban J connectivity index is 2.06. The lowest BCUT2D eigenvalue weighted by Crippen LogP contribution is -2.31. The number of aryl methyl sites for hydroxylation is 1. The number of nitro benzene ring substituents is 1. The van der Waals surface area contributed by atoms with Gasteiger partial charge in [0.05, 0.1) is 11.1 Å². The highest BCUT2D eigenvalue weighted by molar-refractivity contribution is 7.80. The number of hydrogen-bond acceptors (Lipinski definition) is 5. The largest absolute Gasteiger partial charge is 0.455 e. The predicted molar refractivity (Wildman–Crippen MR) is 97.1 cm³/mol. The molecule has 1 aromatic heterocycles. The molecule has 24 heavy (non-hydrogen) atoms. The van der Waals surface area contributed by atoms with Gasteiger partial charge in [-0.15, -0.1) is 6.58 Å². The molecule has 1 heterocycles. The number of nitrogens with zero attached hydrogens (tertiary/aromatic N) is 2. The van der Waals surface area contributed by atoms with E-state index < -0.39 is 4.92 Å². The first-order chi connectivity index (χ1) is 11.5. The molecule has 0 fully saturated rings. The third-order valence-corrected chi connectivity index (χ3v) is 3.31. The van der Waals surface area contributed by atoms with Crippen LogP contribution in [-0.4, -0.2) is 22.8 Å². The highest BCUT2D eigenvalue weighted by Crippen LogP contribution is 2.28. The third kappa shape index (κ3) is 4.50. The summed E-state index contributed by atoms with van der Waals surface area (Å²) in [5, 5.41) is 18.0. The molecule has 2 aromatic rings. The predicted octanol–water partition coefficient (Wildman–Crippen LogP) is 3.15. The Morgan fingerprint density at radius 1 is 1.46 bits per heavy atom. The van der Waals surface area contributed by atoms with Gasteiger partial charge in [-0.3, -0.25) is 15.5 Å². The van der Waals surface area contributed by atoms with Crippen LogP contribution in [0.25, 0.3) is 11.3 Å². The fourth-order valence-corrected chi connectivity index (χ4v) is 2.10. The van der Waals surface area contributed by atoms with E-state index in [9.17, 15) is 10.1 Å². The van der Waals surface area contributed by atoms with E-state index in [4.69, 9.17) is 16.6 Å². The van der Waals surface area contributed by atoms with Crippen molar-refractivity contribution in [2.24, 2.45) is 5.10 Å². The Bertz CT molecular complexity index is 798. The number of non-ortho nitro benzene ring substituents is 1. The molecule has 0 aliphatic rings. The summed E-state index contributed by atoms with van der Waals surface area (Å²) in [6.07, 6.45) is 3.18. The van der Waals surface area contributed by atoms with Crippen LogP contribution < -0.4 is 10.7 Å². The van der Waals surface area contributed by atoms with Crippen molar-refractivity contribution in [3.8, 4) is 11.3 Å². The Kier molecular flexibility index (Phi) is 5.80. The quantitative estimate of drug-likeness (QED) is 0.275. The van der Waals surface area contributed by atoms with Gasteiger partial charge in [-0.1, -0.05) is 6.08 Å². The highest BCUT2D eigenvalue weighted by atomic mass is 32.1. The summed E-state index contributed by atoms with van der Waals surface area (Å²) in [4.78, 5) is 10.4. The van der Waals surface area contributed by atoms with Crippen LogP contribution in [0.1, 0.15) is 11.3 Å². The molecule has 124 valence electrons. The summed E-state index contributed by atoms with van der Waals surface area (Å²) in [5.74, 6) is 1.14. The van der Waals surface area contributed by atoms with Crippen LogP contribution in [0.2, 0.25) is 0 Å². The summed E-state index contributed by atoms with van der Waals surface area (Å²) in [5.41, 5.74) is 4.25. The van der Waals surface area contributed by atoms with Gasteiger partial charge in [0.25, 0.3) is 5.69 Å². The lowest BCUT2D eigenvalue weighted by molar-refractivity contribution is -0.384. The Morgan fingerprint density at radius 2 is 2.25 bits per heavy atom. The van der Waals surface area contributed by atoms with E-state index in [2.05, 4.69) is 22.4 Å². The van der Waals surface area contributed by atoms with Crippen LogP contribution in [0.4, 0.5) is 5.69 Å². The molecule has 0 radical (unpaired) electrons. The molecule has 8 heteroatoms. The number of nitrogens with one attached hydrogen (secondary N) is 2. The zero-order valence-corrected chi connectivity index (χ0v) is 13.8. The minimum atomic E-state index is -0.425. The fourth-order valence-electron chi connectivity index (χ4n) is 1.96. The van der Waals surface area contributed by atoms with E-state index in [1.165, 1.54) is 18.3 Å². The van der Waals surface area contributed by atoms with E-state index in [-0.39, 0.29) is 5.69 Å².